The number of nitriles is 1. The first-order valence-corrected chi connectivity index (χ1v) is 4.76. The lowest BCUT2D eigenvalue weighted by atomic mass is 9.92. The molecule has 2 heteroatoms. The molecule has 0 bridgehead atoms. The highest BCUT2D eigenvalue weighted by atomic mass is 16.3. The van der Waals surface area contributed by atoms with Crippen LogP contribution in [0.25, 0.3) is 0 Å². The first kappa shape index (κ1) is 11.3. The van der Waals surface area contributed by atoms with Crippen LogP contribution >= 0.6 is 0 Å². The normalized spacial score (nSPS) is 13.6. The Morgan fingerprint density at radius 1 is 1.53 bits per heavy atom. The molecule has 2 unspecified atom stereocenters. The van der Waals surface area contributed by atoms with Crippen molar-refractivity contribution in [3.63, 3.8) is 0 Å². The summed E-state index contributed by atoms with van der Waals surface area (Å²) in [5.41, 5.74) is 1.89. The summed E-state index contributed by atoms with van der Waals surface area (Å²) in [5.74, 6) is 1.82. The monoisotopic (exact) mass is 199 g/mol. The average Bonchev–Trinajstić information content (AvgIpc) is 2.19. The fourth-order valence-corrected chi connectivity index (χ4v) is 1.48. The van der Waals surface area contributed by atoms with Crippen LogP contribution in [0.2, 0.25) is 0 Å². The molecule has 0 amide bonds. The van der Waals surface area contributed by atoms with E-state index in [1.807, 2.05) is 31.2 Å². The van der Waals surface area contributed by atoms with Crippen molar-refractivity contribution in [2.75, 3.05) is 0 Å². The van der Waals surface area contributed by atoms with Gasteiger partial charge in [-0.25, -0.2) is 0 Å². The fraction of sp³-hybridized carbons (Fsp3) is 0.308. The minimum atomic E-state index is -0.790. The van der Waals surface area contributed by atoms with E-state index in [1.54, 1.807) is 0 Å². The Bertz CT molecular complexity index is 411. The molecule has 1 rings (SSSR count). The van der Waals surface area contributed by atoms with Crippen LogP contribution in [0, 0.1) is 30.6 Å². The van der Waals surface area contributed by atoms with Crippen LogP contribution in [0.15, 0.2) is 24.3 Å². The molecule has 2 nitrogen and oxygen atoms in total. The van der Waals surface area contributed by atoms with Gasteiger partial charge in [-0.3, -0.25) is 0 Å². The molecule has 2 atom stereocenters. The van der Waals surface area contributed by atoms with Crippen LogP contribution < -0.4 is 0 Å². The highest BCUT2D eigenvalue weighted by Crippen LogP contribution is 2.21. The summed E-state index contributed by atoms with van der Waals surface area (Å²) in [6, 6.07) is 9.64. The number of aryl methyl sites for hydroxylation is 1. The van der Waals surface area contributed by atoms with Gasteiger partial charge in [0.1, 0.15) is 0 Å². The number of nitrogens with zero attached hydrogens (tertiary/aromatic N) is 1. The molecule has 0 fully saturated rings. The van der Waals surface area contributed by atoms with Gasteiger partial charge in [0.05, 0.1) is 18.1 Å². The van der Waals surface area contributed by atoms with Gasteiger partial charge in [0.2, 0.25) is 0 Å². The van der Waals surface area contributed by atoms with E-state index in [4.69, 9.17) is 11.7 Å². The first-order chi connectivity index (χ1) is 7.19. The van der Waals surface area contributed by atoms with Gasteiger partial charge in [-0.15, -0.1) is 12.3 Å². The molecule has 76 valence electrons. The predicted octanol–water partition coefficient (Wildman–Crippen LogP) is 1.99. The second-order valence-corrected chi connectivity index (χ2v) is 3.50. The Hall–Kier alpha value is -1.77. The van der Waals surface area contributed by atoms with Gasteiger partial charge in [0.25, 0.3) is 0 Å². The summed E-state index contributed by atoms with van der Waals surface area (Å²) in [7, 11) is 0. The summed E-state index contributed by atoms with van der Waals surface area (Å²) >= 11 is 0. The standard InChI is InChI=1S/C13H13NO/c1-3-5-13(15)12(9-14)11-7-4-6-10(2)8-11/h1,4,6-8,12-13,15H,5H2,2H3. The zero-order valence-corrected chi connectivity index (χ0v) is 8.64. The summed E-state index contributed by atoms with van der Waals surface area (Å²) in [5, 5.41) is 18.7. The van der Waals surface area contributed by atoms with E-state index in [2.05, 4.69) is 12.0 Å². The second kappa shape index (κ2) is 5.20. The van der Waals surface area contributed by atoms with Crippen LogP contribution in [0.4, 0.5) is 0 Å². The van der Waals surface area contributed by atoms with Gasteiger partial charge >= 0.3 is 0 Å². The third kappa shape index (κ3) is 2.84. The maximum Gasteiger partial charge on any atom is 0.0981 e. The van der Waals surface area contributed by atoms with Gasteiger partial charge < -0.3 is 5.11 Å². The van der Waals surface area contributed by atoms with Gasteiger partial charge in [-0.1, -0.05) is 29.8 Å². The van der Waals surface area contributed by atoms with Crippen LogP contribution in [0.1, 0.15) is 23.5 Å². The number of benzene rings is 1. The number of rotatable bonds is 3. The summed E-state index contributed by atoms with van der Waals surface area (Å²) < 4.78 is 0. The lowest BCUT2D eigenvalue weighted by Crippen LogP contribution is -2.16. The van der Waals surface area contributed by atoms with Crippen molar-refractivity contribution in [2.24, 2.45) is 0 Å². The Kier molecular flexibility index (Phi) is 3.92. The molecule has 15 heavy (non-hydrogen) atoms. The zero-order valence-electron chi connectivity index (χ0n) is 8.64. The van der Waals surface area contributed by atoms with E-state index in [1.165, 1.54) is 0 Å². The molecular formula is C13H13NO. The van der Waals surface area contributed by atoms with E-state index in [-0.39, 0.29) is 6.42 Å². The SMILES string of the molecule is C#CCC(O)C(C#N)c1cccc(C)c1. The van der Waals surface area contributed by atoms with E-state index in [0.717, 1.165) is 11.1 Å². The third-order valence-electron chi connectivity index (χ3n) is 2.25. The molecule has 1 N–H and O–H groups in total. The van der Waals surface area contributed by atoms with Crippen molar-refractivity contribution in [1.29, 1.82) is 5.26 Å². The maximum atomic E-state index is 9.69. The largest absolute Gasteiger partial charge is 0.390 e. The zero-order chi connectivity index (χ0) is 11.3. The molecule has 0 saturated carbocycles. The van der Waals surface area contributed by atoms with Gasteiger partial charge in [-0.2, -0.15) is 5.26 Å². The highest BCUT2D eigenvalue weighted by molar-refractivity contribution is 5.30. The van der Waals surface area contributed by atoms with Gasteiger partial charge in [-0.05, 0) is 12.5 Å². The molecule has 0 aliphatic heterocycles. The molecule has 1 aromatic carbocycles. The second-order valence-electron chi connectivity index (χ2n) is 3.50. The average molecular weight is 199 g/mol. The number of hydrogen-bond donors (Lipinski definition) is 1. The quantitative estimate of drug-likeness (QED) is 0.756. The first-order valence-electron chi connectivity index (χ1n) is 4.76. The fourth-order valence-electron chi connectivity index (χ4n) is 1.48. The minimum Gasteiger partial charge on any atom is -0.390 e. The van der Waals surface area contributed by atoms with E-state index in [9.17, 15) is 5.11 Å². The van der Waals surface area contributed by atoms with Crippen molar-refractivity contribution in [1.82, 2.24) is 0 Å². The van der Waals surface area contributed by atoms with Crippen molar-refractivity contribution < 1.29 is 5.11 Å². The van der Waals surface area contributed by atoms with E-state index >= 15 is 0 Å². The Balaban J connectivity index is 2.94. The molecule has 0 saturated heterocycles. The summed E-state index contributed by atoms with van der Waals surface area (Å²) in [6.45, 7) is 1.95. The molecule has 0 spiro atoms. The molecule has 0 aliphatic rings. The van der Waals surface area contributed by atoms with Crippen LogP contribution in [-0.2, 0) is 0 Å². The predicted molar refractivity (Wildman–Crippen MR) is 59.0 cm³/mol. The summed E-state index contributed by atoms with van der Waals surface area (Å²) in [4.78, 5) is 0. The molecule has 0 aliphatic carbocycles. The highest BCUT2D eigenvalue weighted by Gasteiger charge is 2.19. The number of terminal acetylenes is 1. The smallest absolute Gasteiger partial charge is 0.0981 e. The maximum absolute atomic E-state index is 9.69. The topological polar surface area (TPSA) is 44.0 Å². The number of aliphatic hydroxyl groups is 1. The summed E-state index contributed by atoms with van der Waals surface area (Å²) in [6.07, 6.45) is 4.52. The van der Waals surface area contributed by atoms with Crippen molar-refractivity contribution in [3.05, 3.63) is 35.4 Å². The van der Waals surface area contributed by atoms with Crippen LogP contribution in [-0.4, -0.2) is 11.2 Å². The molecular weight excluding hydrogens is 186 g/mol. The van der Waals surface area contributed by atoms with E-state index in [0.29, 0.717) is 0 Å². The van der Waals surface area contributed by atoms with Crippen LogP contribution in [0.5, 0.6) is 0 Å². The number of hydrogen-bond acceptors (Lipinski definition) is 2. The Morgan fingerprint density at radius 3 is 2.80 bits per heavy atom. The Labute approximate surface area is 90.2 Å². The molecule has 0 aromatic heterocycles. The van der Waals surface area contributed by atoms with Crippen molar-refractivity contribution in [3.8, 4) is 18.4 Å². The van der Waals surface area contributed by atoms with Crippen LogP contribution in [0.3, 0.4) is 0 Å². The number of aliphatic hydroxyl groups excluding tert-OH is 1. The third-order valence-corrected chi connectivity index (χ3v) is 2.25. The molecule has 0 radical (unpaired) electrons. The van der Waals surface area contributed by atoms with E-state index < -0.39 is 12.0 Å². The lowest BCUT2D eigenvalue weighted by Gasteiger charge is -2.14. The van der Waals surface area contributed by atoms with Crippen molar-refractivity contribution in [2.45, 2.75) is 25.4 Å². The lowest BCUT2D eigenvalue weighted by molar-refractivity contribution is 0.167. The van der Waals surface area contributed by atoms with Gasteiger partial charge in [0, 0.05) is 6.42 Å². The molecule has 0 heterocycles. The molecule has 1 aromatic rings. The van der Waals surface area contributed by atoms with Gasteiger partial charge in [0.15, 0.2) is 0 Å². The van der Waals surface area contributed by atoms with Crippen molar-refractivity contribution >= 4 is 0 Å². The minimum absolute atomic E-state index is 0.201. The Morgan fingerprint density at radius 2 is 2.27 bits per heavy atom.